The first-order valence-electron chi connectivity index (χ1n) is 7.49. The van der Waals surface area contributed by atoms with Gasteiger partial charge in [-0.05, 0) is 80.9 Å². The van der Waals surface area contributed by atoms with Crippen LogP contribution in [-0.4, -0.2) is 20.8 Å². The number of hydrogen-bond donors (Lipinski definition) is 0. The van der Waals surface area contributed by atoms with Crippen LogP contribution >= 0.6 is 45.2 Å². The van der Waals surface area contributed by atoms with Gasteiger partial charge in [-0.15, -0.1) is 0 Å². The molecule has 2 aromatic carbocycles. The van der Waals surface area contributed by atoms with Crippen molar-refractivity contribution in [1.82, 2.24) is 0 Å². The number of hydrogen-bond acceptors (Lipinski definition) is 4. The Morgan fingerprint density at radius 3 is 2.40 bits per heavy atom. The lowest BCUT2D eigenvalue weighted by Crippen LogP contribution is -2.19. The van der Waals surface area contributed by atoms with Gasteiger partial charge in [0.15, 0.2) is 5.78 Å². The van der Waals surface area contributed by atoms with E-state index < -0.39 is 10.1 Å². The van der Waals surface area contributed by atoms with E-state index in [1.165, 1.54) is 12.1 Å². The maximum Gasteiger partial charge on any atom is 0.297 e. The Hall–Kier alpha value is -0.520. The number of benzene rings is 2. The van der Waals surface area contributed by atoms with E-state index in [9.17, 15) is 13.2 Å². The van der Waals surface area contributed by atoms with Gasteiger partial charge in [0, 0.05) is 18.3 Å². The summed E-state index contributed by atoms with van der Waals surface area (Å²) < 4.78 is 31.6. The second-order valence-corrected chi connectivity index (χ2v) is 10.8. The summed E-state index contributed by atoms with van der Waals surface area (Å²) in [7, 11) is -3.91. The van der Waals surface area contributed by atoms with Crippen LogP contribution in [0.1, 0.15) is 36.7 Å². The van der Waals surface area contributed by atoms with E-state index in [2.05, 4.69) is 45.2 Å². The van der Waals surface area contributed by atoms with Gasteiger partial charge in [-0.1, -0.05) is 32.9 Å². The fraction of sp³-hybridized carbons (Fsp3) is 0.278. The first-order chi connectivity index (χ1) is 11.5. The summed E-state index contributed by atoms with van der Waals surface area (Å²) in [6, 6.07) is 11.6. The van der Waals surface area contributed by atoms with Crippen LogP contribution < -0.4 is 0 Å². The standard InChI is InChI=1S/C18H18I2O4S/c1-18(2,3)11-24-25(22,23)14-6-4-5-12(9-14)17(21)15-10-13(19)7-8-16(15)20/h4-10H,11H2,1-3H3. The van der Waals surface area contributed by atoms with E-state index in [0.29, 0.717) is 11.1 Å². The highest BCUT2D eigenvalue weighted by molar-refractivity contribution is 14.1. The van der Waals surface area contributed by atoms with Gasteiger partial charge in [0.25, 0.3) is 10.1 Å². The van der Waals surface area contributed by atoms with Crippen LogP contribution in [0, 0.1) is 12.6 Å². The normalized spacial score (nSPS) is 12.2. The van der Waals surface area contributed by atoms with Crippen molar-refractivity contribution >= 4 is 61.1 Å². The van der Waals surface area contributed by atoms with Gasteiger partial charge in [-0.3, -0.25) is 8.98 Å². The fourth-order valence-electron chi connectivity index (χ4n) is 1.94. The highest BCUT2D eigenvalue weighted by Crippen LogP contribution is 2.23. The molecule has 0 aliphatic rings. The minimum Gasteiger partial charge on any atom is -0.289 e. The van der Waals surface area contributed by atoms with Crippen LogP contribution in [0.5, 0.6) is 0 Å². The zero-order valence-electron chi connectivity index (χ0n) is 14.0. The fourth-order valence-corrected chi connectivity index (χ4v) is 4.18. The number of rotatable bonds is 5. The third-order valence-corrected chi connectivity index (χ3v) is 6.08. The van der Waals surface area contributed by atoms with Gasteiger partial charge in [-0.25, -0.2) is 0 Å². The Morgan fingerprint density at radius 1 is 1.08 bits per heavy atom. The van der Waals surface area contributed by atoms with Crippen LogP contribution in [0.15, 0.2) is 47.4 Å². The number of halogens is 2. The molecule has 25 heavy (non-hydrogen) atoms. The zero-order valence-corrected chi connectivity index (χ0v) is 19.2. The van der Waals surface area contributed by atoms with Crippen molar-refractivity contribution in [3.8, 4) is 0 Å². The van der Waals surface area contributed by atoms with Crippen molar-refractivity contribution in [3.05, 3.63) is 60.7 Å². The molecule has 0 aliphatic carbocycles. The first-order valence-corrected chi connectivity index (χ1v) is 11.1. The van der Waals surface area contributed by atoms with Crippen LogP contribution in [0.25, 0.3) is 0 Å². The molecular weight excluding hydrogens is 566 g/mol. The lowest BCUT2D eigenvalue weighted by molar-refractivity contribution is 0.103. The number of carbonyl (C=O) groups is 1. The van der Waals surface area contributed by atoms with Crippen molar-refractivity contribution in [1.29, 1.82) is 0 Å². The molecule has 4 nitrogen and oxygen atoms in total. The van der Waals surface area contributed by atoms with Gasteiger partial charge >= 0.3 is 0 Å². The molecular formula is C18H18I2O4S. The lowest BCUT2D eigenvalue weighted by atomic mass is 9.99. The van der Waals surface area contributed by atoms with Crippen molar-refractivity contribution in [3.63, 3.8) is 0 Å². The zero-order chi connectivity index (χ0) is 18.8. The maximum absolute atomic E-state index is 12.8. The van der Waals surface area contributed by atoms with E-state index in [4.69, 9.17) is 4.18 Å². The Bertz CT molecular complexity index is 900. The minimum absolute atomic E-state index is 0.0109. The van der Waals surface area contributed by atoms with Crippen molar-refractivity contribution in [2.45, 2.75) is 25.7 Å². The SMILES string of the molecule is CC(C)(C)COS(=O)(=O)c1cccc(C(=O)c2cc(I)ccc2I)c1. The minimum atomic E-state index is -3.91. The van der Waals surface area contributed by atoms with E-state index in [-0.39, 0.29) is 22.7 Å². The van der Waals surface area contributed by atoms with Crippen molar-refractivity contribution in [2.75, 3.05) is 6.61 Å². The topological polar surface area (TPSA) is 60.4 Å². The van der Waals surface area contributed by atoms with Gasteiger partial charge in [-0.2, -0.15) is 8.42 Å². The molecule has 0 saturated carbocycles. The molecule has 0 N–H and O–H groups in total. The first kappa shape index (κ1) is 20.8. The average Bonchev–Trinajstić information content (AvgIpc) is 2.54. The number of carbonyl (C=O) groups excluding carboxylic acids is 1. The van der Waals surface area contributed by atoms with E-state index in [1.54, 1.807) is 18.2 Å². The van der Waals surface area contributed by atoms with Gasteiger partial charge in [0.2, 0.25) is 0 Å². The third kappa shape index (κ3) is 5.73. The molecule has 0 radical (unpaired) electrons. The Morgan fingerprint density at radius 2 is 1.76 bits per heavy atom. The summed E-state index contributed by atoms with van der Waals surface area (Å²) in [5.74, 6) is -0.212. The summed E-state index contributed by atoms with van der Waals surface area (Å²) in [6.45, 7) is 5.74. The molecule has 2 rings (SSSR count). The van der Waals surface area contributed by atoms with Crippen molar-refractivity contribution in [2.24, 2.45) is 5.41 Å². The Balaban J connectivity index is 2.35. The van der Waals surface area contributed by atoms with E-state index >= 15 is 0 Å². The summed E-state index contributed by atoms with van der Waals surface area (Å²) in [4.78, 5) is 12.8. The molecule has 0 fully saturated rings. The second kappa shape index (κ2) is 8.01. The smallest absolute Gasteiger partial charge is 0.289 e. The maximum atomic E-state index is 12.8. The average molecular weight is 584 g/mol. The number of ketones is 1. The molecule has 0 aliphatic heterocycles. The summed E-state index contributed by atoms with van der Waals surface area (Å²) in [6.07, 6.45) is 0. The second-order valence-electron chi connectivity index (χ2n) is 6.76. The van der Waals surface area contributed by atoms with Gasteiger partial charge < -0.3 is 0 Å². The molecule has 0 unspecified atom stereocenters. The highest BCUT2D eigenvalue weighted by Gasteiger charge is 2.22. The Kier molecular flexibility index (Phi) is 6.66. The molecule has 0 saturated heterocycles. The Labute approximate surface area is 175 Å². The van der Waals surface area contributed by atoms with E-state index in [1.807, 2.05) is 32.9 Å². The molecule has 134 valence electrons. The van der Waals surface area contributed by atoms with Gasteiger partial charge in [0.05, 0.1) is 11.5 Å². The molecule has 7 heteroatoms. The lowest BCUT2D eigenvalue weighted by Gasteiger charge is -2.17. The summed E-state index contributed by atoms with van der Waals surface area (Å²) in [5, 5.41) is 0. The van der Waals surface area contributed by atoms with Crippen LogP contribution in [-0.2, 0) is 14.3 Å². The van der Waals surface area contributed by atoms with Crippen LogP contribution in [0.2, 0.25) is 0 Å². The van der Waals surface area contributed by atoms with Crippen LogP contribution in [0.3, 0.4) is 0 Å². The van der Waals surface area contributed by atoms with E-state index in [0.717, 1.165) is 7.14 Å². The quantitative estimate of drug-likeness (QED) is 0.286. The molecule has 0 aromatic heterocycles. The summed E-state index contributed by atoms with van der Waals surface area (Å²) in [5.41, 5.74) is 0.593. The molecule has 0 heterocycles. The molecule has 0 amide bonds. The highest BCUT2D eigenvalue weighted by atomic mass is 127. The summed E-state index contributed by atoms with van der Waals surface area (Å²) >= 11 is 4.24. The largest absolute Gasteiger partial charge is 0.297 e. The van der Waals surface area contributed by atoms with Gasteiger partial charge in [0.1, 0.15) is 0 Å². The molecule has 0 bridgehead atoms. The predicted octanol–water partition coefficient (Wildman–Crippen LogP) is 4.88. The predicted molar refractivity (Wildman–Crippen MR) is 114 cm³/mol. The monoisotopic (exact) mass is 584 g/mol. The molecule has 0 atom stereocenters. The molecule has 0 spiro atoms. The molecule has 2 aromatic rings. The van der Waals surface area contributed by atoms with Crippen LogP contribution in [0.4, 0.5) is 0 Å². The third-order valence-electron chi connectivity index (χ3n) is 3.21. The van der Waals surface area contributed by atoms with Crippen molar-refractivity contribution < 1.29 is 17.4 Å².